The summed E-state index contributed by atoms with van der Waals surface area (Å²) in [5.41, 5.74) is 0.908. The smallest absolute Gasteiger partial charge is 0.416 e. The van der Waals surface area contributed by atoms with E-state index in [1.54, 1.807) is 0 Å². The Balaban J connectivity index is 1.82. The molecule has 1 aliphatic rings. The molecule has 1 aliphatic heterocycles. The van der Waals surface area contributed by atoms with Crippen LogP contribution in [0.5, 0.6) is 0 Å². The van der Waals surface area contributed by atoms with Crippen molar-refractivity contribution in [2.45, 2.75) is 38.0 Å². The summed E-state index contributed by atoms with van der Waals surface area (Å²) in [6, 6.07) is 8.74. The van der Waals surface area contributed by atoms with Gasteiger partial charge in [0.15, 0.2) is 0 Å². The van der Waals surface area contributed by atoms with Gasteiger partial charge < -0.3 is 20.1 Å². The van der Waals surface area contributed by atoms with Gasteiger partial charge in [-0.3, -0.25) is 0 Å². The summed E-state index contributed by atoms with van der Waals surface area (Å²) in [4.78, 5) is 12.5. The molecule has 8 heteroatoms. The SMILES string of the molecule is O=C([O-])N1CCCCC1Nc1ccc(F)cc1Cc1ccc(C(F)(F)F)cc1. The molecule has 0 bridgehead atoms. The first kappa shape index (κ1) is 20.0. The van der Waals surface area contributed by atoms with Gasteiger partial charge >= 0.3 is 6.18 Å². The van der Waals surface area contributed by atoms with Gasteiger partial charge in [-0.2, -0.15) is 13.2 Å². The first-order valence-electron chi connectivity index (χ1n) is 8.93. The molecule has 0 aromatic heterocycles. The van der Waals surface area contributed by atoms with Gasteiger partial charge in [-0.05, 0) is 67.1 Å². The molecule has 1 amide bonds. The van der Waals surface area contributed by atoms with Gasteiger partial charge in [0, 0.05) is 12.2 Å². The summed E-state index contributed by atoms with van der Waals surface area (Å²) in [5, 5.41) is 14.4. The number of nitrogens with zero attached hydrogens (tertiary/aromatic N) is 1. The lowest BCUT2D eigenvalue weighted by Gasteiger charge is -2.38. The summed E-state index contributed by atoms with van der Waals surface area (Å²) in [6.45, 7) is 0.357. The molecule has 0 saturated carbocycles. The number of carbonyl (C=O) groups excluding carboxylic acids is 1. The third-order valence-electron chi connectivity index (χ3n) is 4.80. The number of hydrogen-bond donors (Lipinski definition) is 1. The highest BCUT2D eigenvalue weighted by atomic mass is 19.4. The molecule has 3 rings (SSSR count). The number of carboxylic acid groups (broad SMARTS) is 1. The number of nitrogens with one attached hydrogen (secondary N) is 1. The Hall–Kier alpha value is -2.77. The Bertz CT molecular complexity index is 837. The van der Waals surface area contributed by atoms with Crippen LogP contribution in [-0.4, -0.2) is 23.7 Å². The highest BCUT2D eigenvalue weighted by Crippen LogP contribution is 2.30. The lowest BCUT2D eigenvalue weighted by Crippen LogP contribution is -2.52. The van der Waals surface area contributed by atoms with Crippen molar-refractivity contribution in [1.82, 2.24) is 4.90 Å². The van der Waals surface area contributed by atoms with Crippen LogP contribution >= 0.6 is 0 Å². The molecule has 0 aliphatic carbocycles. The number of benzene rings is 2. The van der Waals surface area contributed by atoms with Crippen molar-refractivity contribution in [2.75, 3.05) is 11.9 Å². The monoisotopic (exact) mass is 395 g/mol. The number of amides is 1. The fourth-order valence-electron chi connectivity index (χ4n) is 3.36. The number of carbonyl (C=O) groups is 1. The fourth-order valence-corrected chi connectivity index (χ4v) is 3.36. The van der Waals surface area contributed by atoms with E-state index in [9.17, 15) is 27.5 Å². The van der Waals surface area contributed by atoms with Crippen molar-refractivity contribution in [1.29, 1.82) is 0 Å². The van der Waals surface area contributed by atoms with E-state index in [1.807, 2.05) is 0 Å². The zero-order valence-electron chi connectivity index (χ0n) is 14.9. The fraction of sp³-hybridized carbons (Fsp3) is 0.350. The second-order valence-electron chi connectivity index (χ2n) is 6.79. The van der Waals surface area contributed by atoms with Gasteiger partial charge in [0.1, 0.15) is 11.9 Å². The number of alkyl halides is 3. The van der Waals surface area contributed by atoms with Crippen molar-refractivity contribution < 1.29 is 27.5 Å². The van der Waals surface area contributed by atoms with Crippen LogP contribution < -0.4 is 10.4 Å². The molecule has 150 valence electrons. The van der Waals surface area contributed by atoms with Crippen LogP contribution in [0.1, 0.15) is 36.0 Å². The van der Waals surface area contributed by atoms with E-state index >= 15 is 0 Å². The second kappa shape index (κ2) is 8.08. The summed E-state index contributed by atoms with van der Waals surface area (Å²) in [7, 11) is 0. The molecule has 0 spiro atoms. The third-order valence-corrected chi connectivity index (χ3v) is 4.80. The highest BCUT2D eigenvalue weighted by Gasteiger charge is 2.30. The number of halogens is 4. The van der Waals surface area contributed by atoms with E-state index in [4.69, 9.17) is 0 Å². The van der Waals surface area contributed by atoms with Crippen LogP contribution in [-0.2, 0) is 12.6 Å². The van der Waals surface area contributed by atoms with E-state index < -0.39 is 29.8 Å². The summed E-state index contributed by atoms with van der Waals surface area (Å²) in [6.07, 6.45) is -3.80. The van der Waals surface area contributed by atoms with Crippen LogP contribution in [0.3, 0.4) is 0 Å². The Morgan fingerprint density at radius 1 is 1.14 bits per heavy atom. The van der Waals surface area contributed by atoms with Crippen LogP contribution in [0.15, 0.2) is 42.5 Å². The van der Waals surface area contributed by atoms with Crippen molar-refractivity contribution in [3.8, 4) is 0 Å². The van der Waals surface area contributed by atoms with Crippen LogP contribution in [0, 0.1) is 5.82 Å². The number of rotatable bonds is 4. The van der Waals surface area contributed by atoms with E-state index in [0.29, 0.717) is 29.8 Å². The van der Waals surface area contributed by atoms with E-state index in [1.165, 1.54) is 35.2 Å². The summed E-state index contributed by atoms with van der Waals surface area (Å²) in [5.74, 6) is -0.479. The molecule has 4 nitrogen and oxygen atoms in total. The zero-order chi connectivity index (χ0) is 20.3. The predicted molar refractivity (Wildman–Crippen MR) is 94.0 cm³/mol. The number of anilines is 1. The first-order valence-corrected chi connectivity index (χ1v) is 8.93. The topological polar surface area (TPSA) is 55.4 Å². The number of hydrogen-bond acceptors (Lipinski definition) is 3. The lowest BCUT2D eigenvalue weighted by molar-refractivity contribution is -0.268. The summed E-state index contributed by atoms with van der Waals surface area (Å²) < 4.78 is 51.9. The lowest BCUT2D eigenvalue weighted by atomic mass is 10.0. The van der Waals surface area contributed by atoms with Crippen molar-refractivity contribution in [2.24, 2.45) is 0 Å². The quantitative estimate of drug-likeness (QED) is 0.797. The molecular formula is C20H19F4N2O2-. The Morgan fingerprint density at radius 3 is 2.50 bits per heavy atom. The van der Waals surface area contributed by atoms with Crippen molar-refractivity contribution >= 4 is 11.8 Å². The van der Waals surface area contributed by atoms with Crippen molar-refractivity contribution in [3.63, 3.8) is 0 Å². The highest BCUT2D eigenvalue weighted by molar-refractivity contribution is 5.64. The first-order chi connectivity index (χ1) is 13.2. The largest absolute Gasteiger partial charge is 0.530 e. The molecule has 1 unspecified atom stereocenters. The van der Waals surface area contributed by atoms with Crippen molar-refractivity contribution in [3.05, 3.63) is 65.0 Å². The van der Waals surface area contributed by atoms with E-state index in [0.717, 1.165) is 25.0 Å². The van der Waals surface area contributed by atoms with Gasteiger partial charge in [0.2, 0.25) is 0 Å². The predicted octanol–water partition coefficient (Wildman–Crippen LogP) is 4.00. The van der Waals surface area contributed by atoms with Gasteiger partial charge in [-0.25, -0.2) is 4.39 Å². The van der Waals surface area contributed by atoms with E-state index in [-0.39, 0.29) is 6.42 Å². The molecule has 1 saturated heterocycles. The molecule has 1 fully saturated rings. The van der Waals surface area contributed by atoms with Crippen LogP contribution in [0.2, 0.25) is 0 Å². The molecular weight excluding hydrogens is 376 g/mol. The molecule has 28 heavy (non-hydrogen) atoms. The maximum absolute atomic E-state index is 13.8. The minimum atomic E-state index is -4.42. The number of likely N-dealkylation sites (tertiary alicyclic amines) is 1. The zero-order valence-corrected chi connectivity index (χ0v) is 14.9. The Morgan fingerprint density at radius 2 is 1.86 bits per heavy atom. The Kier molecular flexibility index (Phi) is 5.76. The van der Waals surface area contributed by atoms with Crippen LogP contribution in [0.4, 0.5) is 28.0 Å². The molecule has 1 atom stereocenters. The maximum atomic E-state index is 13.8. The van der Waals surface area contributed by atoms with Gasteiger partial charge in [-0.15, -0.1) is 0 Å². The Labute approximate surface area is 159 Å². The second-order valence-corrected chi connectivity index (χ2v) is 6.79. The van der Waals surface area contributed by atoms with E-state index in [2.05, 4.69) is 5.32 Å². The molecule has 1 N–H and O–H groups in total. The number of piperidine rings is 1. The average Bonchev–Trinajstić information content (AvgIpc) is 2.64. The summed E-state index contributed by atoms with van der Waals surface area (Å²) >= 11 is 0. The molecule has 1 heterocycles. The normalized spacial score (nSPS) is 17.4. The van der Waals surface area contributed by atoms with Gasteiger partial charge in [0.25, 0.3) is 0 Å². The molecule has 2 aromatic carbocycles. The standard InChI is InChI=1S/C20H20F4N2O2/c21-16-8-9-17(25-18-3-1-2-10-26(18)19(27)28)14(12-16)11-13-4-6-15(7-5-13)20(22,23)24/h4-9,12,18,25H,1-3,10-11H2,(H,27,28)/p-1. The molecule has 2 aromatic rings. The third kappa shape index (κ3) is 4.74. The van der Waals surface area contributed by atoms with Gasteiger partial charge in [0.05, 0.1) is 11.7 Å². The average molecular weight is 395 g/mol. The maximum Gasteiger partial charge on any atom is 0.416 e. The minimum Gasteiger partial charge on any atom is -0.530 e. The minimum absolute atomic E-state index is 0.205. The van der Waals surface area contributed by atoms with Gasteiger partial charge in [-0.1, -0.05) is 12.1 Å². The van der Waals surface area contributed by atoms with Crippen LogP contribution in [0.25, 0.3) is 0 Å². The molecule has 0 radical (unpaired) electrons.